The zero-order chi connectivity index (χ0) is 14.7. The highest BCUT2D eigenvalue weighted by atomic mass is 79.9. The number of nitro groups is 1. The van der Waals surface area contributed by atoms with E-state index in [0.717, 1.165) is 0 Å². The van der Waals surface area contributed by atoms with E-state index in [1.165, 1.54) is 12.1 Å². The van der Waals surface area contributed by atoms with Crippen LogP contribution in [0, 0.1) is 10.1 Å². The Morgan fingerprint density at radius 3 is 2.90 bits per heavy atom. The average Bonchev–Trinajstić information content (AvgIpc) is 2.86. The Morgan fingerprint density at radius 2 is 2.30 bits per heavy atom. The van der Waals surface area contributed by atoms with Crippen molar-refractivity contribution in [2.45, 2.75) is 25.0 Å². The zero-order valence-electron chi connectivity index (χ0n) is 10.3. The standard InChI is InChI=1S/C12H12BrNO6/c13-11-8(14(17)18)2-1-3-9(11)19-6-7-4-5-10(20-7)12(15)16/h1-3,7,10H,4-6H2,(H,15,16). The van der Waals surface area contributed by atoms with Gasteiger partial charge < -0.3 is 14.6 Å². The molecule has 1 heterocycles. The fraction of sp³-hybridized carbons (Fsp3) is 0.417. The highest BCUT2D eigenvalue weighted by molar-refractivity contribution is 9.10. The molecular formula is C12H12BrNO6. The monoisotopic (exact) mass is 345 g/mol. The van der Waals surface area contributed by atoms with Gasteiger partial charge >= 0.3 is 5.97 Å². The largest absolute Gasteiger partial charge is 0.489 e. The van der Waals surface area contributed by atoms with Crippen LogP contribution in [0.4, 0.5) is 5.69 Å². The summed E-state index contributed by atoms with van der Waals surface area (Å²) in [4.78, 5) is 21.0. The molecule has 7 nitrogen and oxygen atoms in total. The summed E-state index contributed by atoms with van der Waals surface area (Å²) in [5, 5.41) is 19.6. The van der Waals surface area contributed by atoms with E-state index in [1.807, 2.05) is 0 Å². The van der Waals surface area contributed by atoms with Crippen molar-refractivity contribution in [1.29, 1.82) is 0 Å². The molecule has 20 heavy (non-hydrogen) atoms. The van der Waals surface area contributed by atoms with Gasteiger partial charge in [-0.25, -0.2) is 4.79 Å². The summed E-state index contributed by atoms with van der Waals surface area (Å²) >= 11 is 3.12. The predicted octanol–water partition coefficient (Wildman–Crippen LogP) is 2.37. The Hall–Kier alpha value is -1.67. The van der Waals surface area contributed by atoms with Crippen molar-refractivity contribution in [2.24, 2.45) is 0 Å². The zero-order valence-corrected chi connectivity index (χ0v) is 11.9. The van der Waals surface area contributed by atoms with Gasteiger partial charge in [-0.1, -0.05) is 6.07 Å². The molecule has 2 atom stereocenters. The number of nitro benzene ring substituents is 1. The maximum atomic E-state index is 10.8. The Balaban J connectivity index is 1.97. The lowest BCUT2D eigenvalue weighted by Gasteiger charge is -2.13. The lowest BCUT2D eigenvalue weighted by molar-refractivity contribution is -0.385. The molecule has 0 aromatic heterocycles. The van der Waals surface area contributed by atoms with Crippen molar-refractivity contribution in [3.63, 3.8) is 0 Å². The first-order chi connectivity index (χ1) is 9.49. The summed E-state index contributed by atoms with van der Waals surface area (Å²) < 4.78 is 11.0. The van der Waals surface area contributed by atoms with E-state index in [-0.39, 0.29) is 22.9 Å². The van der Waals surface area contributed by atoms with Crippen LogP contribution >= 0.6 is 15.9 Å². The second kappa shape index (κ2) is 6.19. The molecule has 0 spiro atoms. The van der Waals surface area contributed by atoms with Crippen molar-refractivity contribution in [3.05, 3.63) is 32.8 Å². The summed E-state index contributed by atoms with van der Waals surface area (Å²) in [7, 11) is 0. The van der Waals surface area contributed by atoms with Gasteiger partial charge in [-0.05, 0) is 34.8 Å². The minimum Gasteiger partial charge on any atom is -0.489 e. The van der Waals surface area contributed by atoms with Crippen molar-refractivity contribution < 1.29 is 24.3 Å². The lowest BCUT2D eigenvalue weighted by atomic mass is 10.2. The van der Waals surface area contributed by atoms with Gasteiger partial charge in [0.15, 0.2) is 6.10 Å². The topological polar surface area (TPSA) is 98.9 Å². The van der Waals surface area contributed by atoms with Crippen LogP contribution in [0.5, 0.6) is 5.75 Å². The number of carboxylic acids is 1. The summed E-state index contributed by atoms with van der Waals surface area (Å²) in [5.41, 5.74) is -0.0850. The van der Waals surface area contributed by atoms with Crippen molar-refractivity contribution in [2.75, 3.05) is 6.61 Å². The molecule has 8 heteroatoms. The van der Waals surface area contributed by atoms with E-state index in [0.29, 0.717) is 18.6 Å². The molecule has 1 N–H and O–H groups in total. The summed E-state index contributed by atoms with van der Waals surface area (Å²) in [6.45, 7) is 0.156. The van der Waals surface area contributed by atoms with Crippen LogP contribution in [-0.4, -0.2) is 34.8 Å². The highest BCUT2D eigenvalue weighted by Gasteiger charge is 2.31. The van der Waals surface area contributed by atoms with Crippen LogP contribution < -0.4 is 4.74 Å². The molecule has 108 valence electrons. The van der Waals surface area contributed by atoms with E-state index < -0.39 is 17.0 Å². The first-order valence-corrected chi connectivity index (χ1v) is 6.72. The highest BCUT2D eigenvalue weighted by Crippen LogP contribution is 2.34. The molecule has 0 saturated carbocycles. The molecule has 0 amide bonds. The summed E-state index contributed by atoms with van der Waals surface area (Å²) in [6, 6.07) is 4.48. The molecular weight excluding hydrogens is 334 g/mol. The van der Waals surface area contributed by atoms with E-state index in [2.05, 4.69) is 15.9 Å². The number of hydrogen-bond donors (Lipinski definition) is 1. The van der Waals surface area contributed by atoms with E-state index in [9.17, 15) is 14.9 Å². The van der Waals surface area contributed by atoms with Crippen LogP contribution in [0.15, 0.2) is 22.7 Å². The van der Waals surface area contributed by atoms with E-state index in [1.54, 1.807) is 6.07 Å². The maximum Gasteiger partial charge on any atom is 0.332 e. The lowest BCUT2D eigenvalue weighted by Crippen LogP contribution is -2.23. The van der Waals surface area contributed by atoms with Gasteiger partial charge in [-0.3, -0.25) is 10.1 Å². The Bertz CT molecular complexity index is 535. The Labute approximate surface area is 122 Å². The second-order valence-electron chi connectivity index (χ2n) is 4.32. The first-order valence-electron chi connectivity index (χ1n) is 5.93. The number of benzene rings is 1. The Kier molecular flexibility index (Phi) is 4.56. The summed E-state index contributed by atoms with van der Waals surface area (Å²) in [5.74, 6) is -0.648. The van der Waals surface area contributed by atoms with E-state index >= 15 is 0 Å². The van der Waals surface area contributed by atoms with Gasteiger partial charge in [0.05, 0.1) is 11.0 Å². The average molecular weight is 346 g/mol. The third kappa shape index (κ3) is 3.26. The normalized spacial score (nSPS) is 21.6. The van der Waals surface area contributed by atoms with Crippen LogP contribution in [0.1, 0.15) is 12.8 Å². The quantitative estimate of drug-likeness (QED) is 0.649. The van der Waals surface area contributed by atoms with Gasteiger partial charge in [-0.2, -0.15) is 0 Å². The van der Waals surface area contributed by atoms with Crippen molar-refractivity contribution >= 4 is 27.6 Å². The number of halogens is 1. The SMILES string of the molecule is O=C(O)C1CCC(COc2cccc([N+](=O)[O-])c2Br)O1. The minimum absolute atomic E-state index is 0.0850. The molecule has 1 aliphatic rings. The fourth-order valence-electron chi connectivity index (χ4n) is 1.94. The number of aliphatic carboxylic acids is 1. The number of carboxylic acid groups (broad SMARTS) is 1. The molecule has 0 aliphatic carbocycles. The number of ether oxygens (including phenoxy) is 2. The van der Waals surface area contributed by atoms with Gasteiger partial charge in [0.1, 0.15) is 16.8 Å². The van der Waals surface area contributed by atoms with Crippen LogP contribution in [0.25, 0.3) is 0 Å². The van der Waals surface area contributed by atoms with Crippen LogP contribution in [0.3, 0.4) is 0 Å². The Morgan fingerprint density at radius 1 is 1.55 bits per heavy atom. The van der Waals surface area contributed by atoms with Crippen LogP contribution in [-0.2, 0) is 9.53 Å². The third-order valence-corrected chi connectivity index (χ3v) is 3.74. The summed E-state index contributed by atoms with van der Waals surface area (Å²) in [6.07, 6.45) is -0.0809. The number of rotatable bonds is 5. The molecule has 2 unspecified atom stereocenters. The maximum absolute atomic E-state index is 10.8. The molecule has 1 aromatic rings. The minimum atomic E-state index is -0.982. The number of hydrogen-bond acceptors (Lipinski definition) is 5. The van der Waals surface area contributed by atoms with Crippen LogP contribution in [0.2, 0.25) is 0 Å². The first kappa shape index (κ1) is 14.7. The van der Waals surface area contributed by atoms with Gasteiger partial charge in [0, 0.05) is 6.07 Å². The third-order valence-electron chi connectivity index (χ3n) is 2.95. The molecule has 0 radical (unpaired) electrons. The smallest absolute Gasteiger partial charge is 0.332 e. The molecule has 1 fully saturated rings. The van der Waals surface area contributed by atoms with Crippen molar-refractivity contribution in [1.82, 2.24) is 0 Å². The number of nitrogens with zero attached hydrogens (tertiary/aromatic N) is 1. The van der Waals surface area contributed by atoms with Gasteiger partial charge in [0.2, 0.25) is 0 Å². The molecule has 0 bridgehead atoms. The predicted molar refractivity (Wildman–Crippen MR) is 71.8 cm³/mol. The molecule has 1 saturated heterocycles. The van der Waals surface area contributed by atoms with Crippen molar-refractivity contribution in [3.8, 4) is 5.75 Å². The second-order valence-corrected chi connectivity index (χ2v) is 5.11. The number of carbonyl (C=O) groups is 1. The molecule has 1 aliphatic heterocycles. The molecule has 2 rings (SSSR count). The fourth-order valence-corrected chi connectivity index (χ4v) is 2.47. The van der Waals surface area contributed by atoms with Gasteiger partial charge in [-0.15, -0.1) is 0 Å². The van der Waals surface area contributed by atoms with E-state index in [4.69, 9.17) is 14.6 Å². The molecule has 1 aromatic carbocycles. The van der Waals surface area contributed by atoms with Gasteiger partial charge in [0.25, 0.3) is 5.69 Å².